The summed E-state index contributed by atoms with van der Waals surface area (Å²) in [6, 6.07) is 8.06. The molecule has 0 spiro atoms. The van der Waals surface area contributed by atoms with E-state index in [-0.39, 0.29) is 35.2 Å². The van der Waals surface area contributed by atoms with Gasteiger partial charge in [0, 0.05) is 23.1 Å². The van der Waals surface area contributed by atoms with Crippen molar-refractivity contribution < 1.29 is 21.9 Å². The smallest absolute Gasteiger partial charge is 0.188 e. The first kappa shape index (κ1) is 21.7. The first-order chi connectivity index (χ1) is 14.3. The highest BCUT2D eigenvalue weighted by Gasteiger charge is 2.60. The number of ether oxygens (including phenoxy) is 1. The second-order valence-corrected chi connectivity index (χ2v) is 10.8. The zero-order valence-corrected chi connectivity index (χ0v) is 18.4. The van der Waals surface area contributed by atoms with E-state index in [0.717, 1.165) is 25.0 Å². The summed E-state index contributed by atoms with van der Waals surface area (Å²) in [5.41, 5.74) is 0.179. The molecule has 0 N–H and O–H groups in total. The summed E-state index contributed by atoms with van der Waals surface area (Å²) in [6.45, 7) is 2.25. The Kier molecular flexibility index (Phi) is 5.94. The van der Waals surface area contributed by atoms with E-state index in [2.05, 4.69) is 6.92 Å². The van der Waals surface area contributed by atoms with Crippen molar-refractivity contribution in [3.63, 3.8) is 0 Å². The van der Waals surface area contributed by atoms with Crippen LogP contribution < -0.4 is 0 Å². The van der Waals surface area contributed by atoms with Gasteiger partial charge in [0.05, 0.1) is 11.0 Å². The van der Waals surface area contributed by atoms with Gasteiger partial charge in [0.25, 0.3) is 0 Å². The fourth-order valence-corrected chi connectivity index (χ4v) is 7.82. The molecule has 2 aromatic carbocycles. The lowest BCUT2D eigenvalue weighted by molar-refractivity contribution is -0.0608. The van der Waals surface area contributed by atoms with Gasteiger partial charge in [-0.05, 0) is 67.6 Å². The SMILES string of the molecule is CCCC[C@H]1OCC[C@]2(S(=O)(=O)c3ccc(Cl)cc3)c3c(F)ccc(F)c3CCC12. The second kappa shape index (κ2) is 8.21. The second-order valence-electron chi connectivity index (χ2n) is 8.18. The number of benzene rings is 2. The largest absolute Gasteiger partial charge is 0.378 e. The predicted molar refractivity (Wildman–Crippen MR) is 112 cm³/mol. The van der Waals surface area contributed by atoms with E-state index in [1.807, 2.05) is 0 Å². The van der Waals surface area contributed by atoms with Crippen LogP contribution in [0.25, 0.3) is 0 Å². The molecule has 3 atom stereocenters. The van der Waals surface area contributed by atoms with Gasteiger partial charge in [0.1, 0.15) is 16.4 Å². The Labute approximate surface area is 181 Å². The summed E-state index contributed by atoms with van der Waals surface area (Å²) in [6.07, 6.45) is 3.06. The van der Waals surface area contributed by atoms with Gasteiger partial charge in [-0.1, -0.05) is 31.4 Å². The van der Waals surface area contributed by atoms with E-state index in [4.69, 9.17) is 16.3 Å². The third-order valence-corrected chi connectivity index (χ3v) is 9.45. The quantitative estimate of drug-likeness (QED) is 0.571. The molecule has 1 unspecified atom stereocenters. The van der Waals surface area contributed by atoms with Gasteiger partial charge >= 0.3 is 0 Å². The lowest BCUT2D eigenvalue weighted by atomic mass is 9.68. The Morgan fingerprint density at radius 1 is 1.13 bits per heavy atom. The Bertz CT molecular complexity index is 1040. The molecule has 0 radical (unpaired) electrons. The van der Waals surface area contributed by atoms with Gasteiger partial charge in [-0.3, -0.25) is 0 Å². The maximum Gasteiger partial charge on any atom is 0.188 e. The molecule has 7 heteroatoms. The van der Waals surface area contributed by atoms with E-state index < -0.39 is 32.1 Å². The van der Waals surface area contributed by atoms with Crippen molar-refractivity contribution in [2.75, 3.05) is 6.61 Å². The molecule has 162 valence electrons. The number of unbranched alkanes of at least 4 members (excludes halogenated alkanes) is 1. The molecule has 0 amide bonds. The average molecular weight is 455 g/mol. The molecule has 2 aromatic rings. The molecule has 30 heavy (non-hydrogen) atoms. The number of hydrogen-bond donors (Lipinski definition) is 0. The first-order valence-corrected chi connectivity index (χ1v) is 12.3. The van der Waals surface area contributed by atoms with Crippen molar-refractivity contribution in [1.29, 1.82) is 0 Å². The van der Waals surface area contributed by atoms with Gasteiger partial charge < -0.3 is 4.74 Å². The van der Waals surface area contributed by atoms with Gasteiger partial charge in [0.2, 0.25) is 0 Å². The minimum absolute atomic E-state index is 0.00139. The fraction of sp³-hybridized carbons (Fsp3) is 0.478. The van der Waals surface area contributed by atoms with Gasteiger partial charge in [0.15, 0.2) is 9.84 Å². The van der Waals surface area contributed by atoms with Crippen LogP contribution in [0.3, 0.4) is 0 Å². The Morgan fingerprint density at radius 2 is 1.83 bits per heavy atom. The zero-order chi connectivity index (χ0) is 21.5. The average Bonchev–Trinajstić information content (AvgIpc) is 2.74. The summed E-state index contributed by atoms with van der Waals surface area (Å²) in [5, 5.41) is 0.414. The highest BCUT2D eigenvalue weighted by atomic mass is 35.5. The molecule has 1 fully saturated rings. The minimum Gasteiger partial charge on any atom is -0.378 e. The summed E-state index contributed by atoms with van der Waals surface area (Å²) >= 11 is 5.97. The Balaban J connectivity index is 1.97. The van der Waals surface area contributed by atoms with E-state index in [9.17, 15) is 12.8 Å². The van der Waals surface area contributed by atoms with Crippen LogP contribution in [0, 0.1) is 17.6 Å². The van der Waals surface area contributed by atoms with Crippen molar-refractivity contribution >= 4 is 21.4 Å². The number of sulfone groups is 1. The topological polar surface area (TPSA) is 43.4 Å². The van der Waals surface area contributed by atoms with Gasteiger partial charge in [-0.15, -0.1) is 0 Å². The third kappa shape index (κ3) is 3.28. The van der Waals surface area contributed by atoms with E-state index in [0.29, 0.717) is 24.3 Å². The van der Waals surface area contributed by atoms with Crippen LogP contribution >= 0.6 is 11.6 Å². The van der Waals surface area contributed by atoms with Crippen molar-refractivity contribution in [3.05, 3.63) is 64.2 Å². The summed E-state index contributed by atoms with van der Waals surface area (Å²) in [5.74, 6) is -1.65. The standard InChI is InChI=1S/C23H25ClF2O3S/c1-2-3-4-21-18-10-9-17-19(25)11-12-20(26)22(17)23(18,13-14-29-21)30(27,28)16-7-5-15(24)6-8-16/h5-8,11-12,18,21H,2-4,9-10,13-14H2,1H3/t18?,21-,23-/m1/s1. The maximum atomic E-state index is 15.3. The number of rotatable bonds is 5. The van der Waals surface area contributed by atoms with Crippen molar-refractivity contribution in [2.45, 2.75) is 61.2 Å². The number of hydrogen-bond acceptors (Lipinski definition) is 3. The molecule has 1 heterocycles. The summed E-state index contributed by atoms with van der Waals surface area (Å²) in [4.78, 5) is 0.0737. The van der Waals surface area contributed by atoms with E-state index in [1.165, 1.54) is 24.3 Å². The van der Waals surface area contributed by atoms with Crippen LogP contribution in [0.5, 0.6) is 0 Å². The summed E-state index contributed by atoms with van der Waals surface area (Å²) in [7, 11) is -4.06. The first-order valence-electron chi connectivity index (χ1n) is 10.4. The molecular weight excluding hydrogens is 430 g/mol. The molecule has 0 bridgehead atoms. The molecule has 1 saturated heterocycles. The molecular formula is C23H25ClF2O3S. The van der Waals surface area contributed by atoms with Crippen molar-refractivity contribution in [3.8, 4) is 0 Å². The highest BCUT2D eigenvalue weighted by Crippen LogP contribution is 2.55. The minimum atomic E-state index is -4.06. The lowest BCUT2D eigenvalue weighted by Gasteiger charge is -2.51. The molecule has 1 aliphatic carbocycles. The maximum absolute atomic E-state index is 15.3. The van der Waals surface area contributed by atoms with Crippen LogP contribution in [0.1, 0.15) is 50.2 Å². The van der Waals surface area contributed by atoms with E-state index >= 15 is 4.39 Å². The van der Waals surface area contributed by atoms with Crippen LogP contribution in [0.2, 0.25) is 5.02 Å². The molecule has 4 rings (SSSR count). The van der Waals surface area contributed by atoms with Crippen LogP contribution in [-0.4, -0.2) is 21.1 Å². The van der Waals surface area contributed by atoms with Crippen LogP contribution in [-0.2, 0) is 25.7 Å². The molecule has 1 aliphatic heterocycles. The third-order valence-electron chi connectivity index (χ3n) is 6.63. The van der Waals surface area contributed by atoms with Crippen LogP contribution in [0.4, 0.5) is 8.78 Å². The Morgan fingerprint density at radius 3 is 2.53 bits per heavy atom. The van der Waals surface area contributed by atoms with Gasteiger partial charge in [-0.2, -0.15) is 0 Å². The van der Waals surface area contributed by atoms with Crippen molar-refractivity contribution in [2.24, 2.45) is 5.92 Å². The molecule has 0 saturated carbocycles. The fourth-order valence-electron chi connectivity index (χ4n) is 5.27. The predicted octanol–water partition coefficient (Wildman–Crippen LogP) is 5.83. The van der Waals surface area contributed by atoms with E-state index in [1.54, 1.807) is 0 Å². The zero-order valence-electron chi connectivity index (χ0n) is 16.8. The normalized spacial score (nSPS) is 26.1. The monoisotopic (exact) mass is 454 g/mol. The highest BCUT2D eigenvalue weighted by molar-refractivity contribution is 7.92. The lowest BCUT2D eigenvalue weighted by Crippen LogP contribution is -2.55. The Hall–Kier alpha value is -1.50. The van der Waals surface area contributed by atoms with Gasteiger partial charge in [-0.25, -0.2) is 17.2 Å². The summed E-state index contributed by atoms with van der Waals surface area (Å²) < 4.78 is 62.7. The molecule has 3 nitrogen and oxygen atoms in total. The molecule has 2 aliphatic rings. The number of halogens is 3. The van der Waals surface area contributed by atoms with Crippen LogP contribution in [0.15, 0.2) is 41.3 Å². The number of fused-ring (bicyclic) bond motifs is 3. The van der Waals surface area contributed by atoms with Crippen molar-refractivity contribution in [1.82, 2.24) is 0 Å². The molecule has 0 aromatic heterocycles.